The van der Waals surface area contributed by atoms with Crippen LogP contribution < -0.4 is 0 Å². The van der Waals surface area contributed by atoms with E-state index in [9.17, 15) is 13.9 Å². The quantitative estimate of drug-likeness (QED) is 0.687. The van der Waals surface area contributed by atoms with Crippen LogP contribution in [-0.4, -0.2) is 22.5 Å². The van der Waals surface area contributed by atoms with Crippen LogP contribution >= 0.6 is 0 Å². The van der Waals surface area contributed by atoms with Gasteiger partial charge in [0.15, 0.2) is 0 Å². The van der Waals surface area contributed by atoms with Crippen molar-refractivity contribution in [2.75, 3.05) is 0 Å². The van der Waals surface area contributed by atoms with E-state index in [4.69, 9.17) is 0 Å². The van der Waals surface area contributed by atoms with Crippen LogP contribution in [0.2, 0.25) is 0 Å². The molecule has 1 atom stereocenters. The van der Waals surface area contributed by atoms with Crippen molar-refractivity contribution in [1.29, 1.82) is 0 Å². The number of aliphatic hydroxyl groups excluding tert-OH is 1. The standard InChI is InChI=1S/C9H16F2O/c1-6(2)7(12)9(11)4-8(3,10)5-9/h6-7,12H,4-5H2,1-3H3. The van der Waals surface area contributed by atoms with Crippen molar-refractivity contribution in [3.8, 4) is 0 Å². The average Bonchev–Trinajstić information content (AvgIpc) is 1.81. The van der Waals surface area contributed by atoms with E-state index in [2.05, 4.69) is 0 Å². The molecule has 1 unspecified atom stereocenters. The lowest BCUT2D eigenvalue weighted by Gasteiger charge is -2.47. The SMILES string of the molecule is CC(C)C(O)C1(F)CC(C)(F)C1. The summed E-state index contributed by atoms with van der Waals surface area (Å²) in [6, 6.07) is 0. The van der Waals surface area contributed by atoms with Crippen LogP contribution in [0.25, 0.3) is 0 Å². The second-order valence-corrected chi connectivity index (χ2v) is 4.49. The molecular weight excluding hydrogens is 162 g/mol. The lowest BCUT2D eigenvalue weighted by atomic mass is 9.66. The Bertz CT molecular complexity index is 169. The van der Waals surface area contributed by atoms with Gasteiger partial charge < -0.3 is 5.11 Å². The number of alkyl halides is 2. The number of rotatable bonds is 2. The zero-order valence-corrected chi connectivity index (χ0v) is 7.77. The zero-order chi connectivity index (χ0) is 9.57. The fourth-order valence-electron chi connectivity index (χ4n) is 1.98. The molecule has 12 heavy (non-hydrogen) atoms. The van der Waals surface area contributed by atoms with Crippen LogP contribution in [0.15, 0.2) is 0 Å². The van der Waals surface area contributed by atoms with Gasteiger partial charge in [0.1, 0.15) is 11.3 Å². The van der Waals surface area contributed by atoms with Crippen molar-refractivity contribution < 1.29 is 13.9 Å². The van der Waals surface area contributed by atoms with Gasteiger partial charge in [-0.05, 0) is 12.8 Å². The van der Waals surface area contributed by atoms with Gasteiger partial charge in [-0.2, -0.15) is 0 Å². The molecule has 1 fully saturated rings. The maximum absolute atomic E-state index is 13.6. The van der Waals surface area contributed by atoms with Crippen LogP contribution in [0, 0.1) is 5.92 Å². The third kappa shape index (κ3) is 1.60. The Morgan fingerprint density at radius 2 is 1.67 bits per heavy atom. The number of hydrogen-bond acceptors (Lipinski definition) is 1. The summed E-state index contributed by atoms with van der Waals surface area (Å²) < 4.78 is 26.5. The summed E-state index contributed by atoms with van der Waals surface area (Å²) in [4.78, 5) is 0. The largest absolute Gasteiger partial charge is 0.390 e. The molecule has 0 saturated heterocycles. The molecule has 1 N–H and O–H groups in total. The fourth-order valence-corrected chi connectivity index (χ4v) is 1.98. The maximum Gasteiger partial charge on any atom is 0.143 e. The Morgan fingerprint density at radius 3 is 1.92 bits per heavy atom. The van der Waals surface area contributed by atoms with E-state index in [0.29, 0.717) is 0 Å². The summed E-state index contributed by atoms with van der Waals surface area (Å²) in [5.74, 6) is -0.147. The van der Waals surface area contributed by atoms with E-state index in [-0.39, 0.29) is 18.8 Å². The molecule has 0 heterocycles. The van der Waals surface area contributed by atoms with Gasteiger partial charge in [0.2, 0.25) is 0 Å². The van der Waals surface area contributed by atoms with Crippen LogP contribution in [-0.2, 0) is 0 Å². The molecule has 0 aliphatic heterocycles. The first-order valence-corrected chi connectivity index (χ1v) is 4.33. The van der Waals surface area contributed by atoms with E-state index >= 15 is 0 Å². The summed E-state index contributed by atoms with van der Waals surface area (Å²) in [6.07, 6.45) is -1.36. The van der Waals surface area contributed by atoms with Crippen molar-refractivity contribution >= 4 is 0 Å². The van der Waals surface area contributed by atoms with E-state index < -0.39 is 17.4 Å². The van der Waals surface area contributed by atoms with Crippen LogP contribution in [0.5, 0.6) is 0 Å². The second-order valence-electron chi connectivity index (χ2n) is 4.49. The monoisotopic (exact) mass is 178 g/mol. The fraction of sp³-hybridized carbons (Fsp3) is 1.00. The minimum atomic E-state index is -1.68. The van der Waals surface area contributed by atoms with E-state index in [0.717, 1.165) is 0 Å². The predicted molar refractivity (Wildman–Crippen MR) is 43.4 cm³/mol. The van der Waals surface area contributed by atoms with Crippen molar-refractivity contribution in [1.82, 2.24) is 0 Å². The van der Waals surface area contributed by atoms with Gasteiger partial charge in [-0.3, -0.25) is 0 Å². The van der Waals surface area contributed by atoms with Crippen molar-refractivity contribution in [3.05, 3.63) is 0 Å². The van der Waals surface area contributed by atoms with Crippen molar-refractivity contribution in [3.63, 3.8) is 0 Å². The van der Waals surface area contributed by atoms with Gasteiger partial charge in [-0.15, -0.1) is 0 Å². The van der Waals surface area contributed by atoms with Gasteiger partial charge in [0.25, 0.3) is 0 Å². The molecule has 72 valence electrons. The predicted octanol–water partition coefficient (Wildman–Crippen LogP) is 2.23. The Hall–Kier alpha value is -0.180. The lowest BCUT2D eigenvalue weighted by molar-refractivity contribution is -0.154. The Morgan fingerprint density at radius 1 is 1.25 bits per heavy atom. The smallest absolute Gasteiger partial charge is 0.143 e. The average molecular weight is 178 g/mol. The van der Waals surface area contributed by atoms with Gasteiger partial charge >= 0.3 is 0 Å². The molecule has 0 amide bonds. The molecule has 1 nitrogen and oxygen atoms in total. The van der Waals surface area contributed by atoms with Crippen LogP contribution in [0.3, 0.4) is 0 Å². The minimum Gasteiger partial charge on any atom is -0.390 e. The Labute approximate surface area is 71.8 Å². The summed E-state index contributed by atoms with van der Waals surface area (Å²) in [6.45, 7) is 4.84. The first kappa shape index (κ1) is 9.90. The Kier molecular flexibility index (Phi) is 2.19. The summed E-state index contributed by atoms with van der Waals surface area (Å²) >= 11 is 0. The second kappa shape index (κ2) is 2.66. The number of hydrogen-bond donors (Lipinski definition) is 1. The topological polar surface area (TPSA) is 20.2 Å². The highest BCUT2D eigenvalue weighted by molar-refractivity contribution is 5.07. The van der Waals surface area contributed by atoms with Crippen LogP contribution in [0.4, 0.5) is 8.78 Å². The lowest BCUT2D eigenvalue weighted by Crippen LogP contribution is -2.57. The summed E-state index contributed by atoms with van der Waals surface area (Å²) in [5.41, 5.74) is -3.09. The van der Waals surface area contributed by atoms with Gasteiger partial charge in [0.05, 0.1) is 6.10 Å². The van der Waals surface area contributed by atoms with Crippen molar-refractivity contribution in [2.24, 2.45) is 5.92 Å². The normalized spacial score (nSPS) is 44.2. The third-order valence-corrected chi connectivity index (χ3v) is 2.49. The van der Waals surface area contributed by atoms with Gasteiger partial charge in [-0.1, -0.05) is 13.8 Å². The highest BCUT2D eigenvalue weighted by atomic mass is 19.2. The van der Waals surface area contributed by atoms with Gasteiger partial charge in [-0.25, -0.2) is 8.78 Å². The molecule has 1 rings (SSSR count). The Balaban J connectivity index is 2.55. The van der Waals surface area contributed by atoms with Gasteiger partial charge in [0, 0.05) is 12.8 Å². The first-order valence-electron chi connectivity index (χ1n) is 4.33. The molecule has 1 saturated carbocycles. The maximum atomic E-state index is 13.6. The molecule has 0 bridgehead atoms. The molecule has 0 aromatic rings. The van der Waals surface area contributed by atoms with E-state index in [1.165, 1.54) is 6.92 Å². The molecule has 1 aliphatic rings. The molecule has 0 aromatic heterocycles. The molecule has 0 spiro atoms. The molecular formula is C9H16F2O. The molecule has 3 heteroatoms. The van der Waals surface area contributed by atoms with Crippen LogP contribution in [0.1, 0.15) is 33.6 Å². The van der Waals surface area contributed by atoms with Crippen molar-refractivity contribution in [2.45, 2.75) is 51.1 Å². The molecule has 0 aromatic carbocycles. The zero-order valence-electron chi connectivity index (χ0n) is 7.77. The molecule has 0 radical (unpaired) electrons. The highest BCUT2D eigenvalue weighted by Crippen LogP contribution is 2.50. The number of halogens is 2. The molecule has 1 aliphatic carbocycles. The summed E-state index contributed by atoms with van der Waals surface area (Å²) in [5, 5.41) is 9.40. The summed E-state index contributed by atoms with van der Waals surface area (Å²) in [7, 11) is 0. The first-order chi connectivity index (χ1) is 5.27. The number of aliphatic hydroxyl groups is 1. The minimum absolute atomic E-state index is 0.147. The van der Waals surface area contributed by atoms with E-state index in [1.54, 1.807) is 13.8 Å². The van der Waals surface area contributed by atoms with E-state index in [1.807, 2.05) is 0 Å². The third-order valence-electron chi connectivity index (χ3n) is 2.49. The highest BCUT2D eigenvalue weighted by Gasteiger charge is 2.57.